The normalized spacial score (nSPS) is 11.1. The summed E-state index contributed by atoms with van der Waals surface area (Å²) in [6, 6.07) is 6.61. The quantitative estimate of drug-likeness (QED) is 0.495. The minimum absolute atomic E-state index is 0.259. The molecule has 0 amide bonds. The molecule has 0 aliphatic rings. The van der Waals surface area contributed by atoms with Crippen molar-refractivity contribution in [3.8, 4) is 5.75 Å². The summed E-state index contributed by atoms with van der Waals surface area (Å²) in [7, 11) is 0. The van der Waals surface area contributed by atoms with Crippen LogP contribution < -0.4 is 4.74 Å². The highest BCUT2D eigenvalue weighted by atomic mass is 16.5. The molecule has 0 fully saturated rings. The third kappa shape index (κ3) is 2.23. The average molecular weight is 164 g/mol. The maximum Gasteiger partial charge on any atom is 0.308 e. The maximum absolute atomic E-state index is 10.6. The first-order valence-electron chi connectivity index (χ1n) is 4.51. The minimum Gasteiger partial charge on any atom is -0.427 e. The van der Waals surface area contributed by atoms with Gasteiger partial charge in [0.1, 0.15) is 5.75 Å². The van der Waals surface area contributed by atoms with Gasteiger partial charge in [-0.15, -0.1) is 0 Å². The van der Waals surface area contributed by atoms with Crippen LogP contribution in [0.4, 0.5) is 0 Å². The monoisotopic (exact) mass is 164 g/mol. The van der Waals surface area contributed by atoms with Gasteiger partial charge in [0.2, 0.25) is 0 Å². The van der Waals surface area contributed by atoms with Crippen LogP contribution in [-0.4, -0.2) is 5.97 Å². The van der Waals surface area contributed by atoms with Crippen molar-refractivity contribution in [3.05, 3.63) is 36.4 Å². The first kappa shape index (κ1) is 6.00. The molecule has 1 aromatic rings. The molecule has 0 N–H and O–H groups in total. The highest BCUT2D eigenvalue weighted by molar-refractivity contribution is 5.69. The molecule has 0 aliphatic carbocycles. The fraction of sp³-hybridized carbons (Fsp3) is 0.100. The van der Waals surface area contributed by atoms with Crippen LogP contribution in [0.5, 0.6) is 5.75 Å². The fourth-order valence-corrected chi connectivity index (χ4v) is 0.798. The van der Waals surface area contributed by atoms with E-state index < -0.39 is 0 Å². The van der Waals surface area contributed by atoms with E-state index in [4.69, 9.17) is 7.48 Å². The zero-order valence-corrected chi connectivity index (χ0v) is 6.70. The lowest BCUT2D eigenvalue weighted by Gasteiger charge is -1.99. The van der Waals surface area contributed by atoms with Gasteiger partial charge < -0.3 is 4.74 Å². The van der Waals surface area contributed by atoms with E-state index in [1.54, 1.807) is 24.3 Å². The summed E-state index contributed by atoms with van der Waals surface area (Å²) in [5, 5.41) is 0. The predicted molar refractivity (Wildman–Crippen MR) is 47.8 cm³/mol. The number of esters is 1. The SMILES string of the molecule is [2H]C([2H])=Cc1ccc(OC(C)=O)cc1. The molecular formula is C10H10O2. The smallest absolute Gasteiger partial charge is 0.308 e. The molecule has 12 heavy (non-hydrogen) atoms. The van der Waals surface area contributed by atoms with Crippen molar-refractivity contribution >= 4 is 12.0 Å². The summed E-state index contributed by atoms with van der Waals surface area (Å²) in [6.07, 6.45) is 1.40. The van der Waals surface area contributed by atoms with Crippen molar-refractivity contribution in [1.29, 1.82) is 0 Å². The molecule has 62 valence electrons. The van der Waals surface area contributed by atoms with E-state index in [1.165, 1.54) is 13.0 Å². The second kappa shape index (κ2) is 3.72. The van der Waals surface area contributed by atoms with E-state index in [2.05, 4.69) is 0 Å². The standard InChI is InChI=1S/C10H10O2/c1-3-9-4-6-10(7-5-9)12-8(2)11/h3-7H,1H2,2H3/i1D2. The predicted octanol–water partition coefficient (Wildman–Crippen LogP) is 2.25. The summed E-state index contributed by atoms with van der Waals surface area (Å²) in [6.45, 7) is 1.07. The van der Waals surface area contributed by atoms with Gasteiger partial charge in [-0.3, -0.25) is 4.79 Å². The molecule has 0 atom stereocenters. The Morgan fingerprint density at radius 1 is 1.58 bits per heavy atom. The molecule has 2 nitrogen and oxygen atoms in total. The van der Waals surface area contributed by atoms with Gasteiger partial charge in [-0.1, -0.05) is 24.7 Å². The third-order valence-corrected chi connectivity index (χ3v) is 1.31. The van der Waals surface area contributed by atoms with Crippen molar-refractivity contribution in [3.63, 3.8) is 0 Å². The van der Waals surface area contributed by atoms with Gasteiger partial charge in [-0.25, -0.2) is 0 Å². The first-order valence-corrected chi connectivity index (χ1v) is 3.51. The molecule has 0 aliphatic heterocycles. The van der Waals surface area contributed by atoms with E-state index in [0.717, 1.165) is 5.56 Å². The Balaban J connectivity index is 2.78. The Morgan fingerprint density at radius 2 is 2.25 bits per heavy atom. The van der Waals surface area contributed by atoms with Gasteiger partial charge in [0, 0.05) is 6.92 Å². The molecule has 0 bridgehead atoms. The second-order valence-electron chi connectivity index (χ2n) is 2.31. The van der Waals surface area contributed by atoms with Crippen LogP contribution in [0.2, 0.25) is 0 Å². The van der Waals surface area contributed by atoms with Crippen LogP contribution >= 0.6 is 0 Å². The van der Waals surface area contributed by atoms with E-state index in [1.807, 2.05) is 0 Å². The highest BCUT2D eigenvalue weighted by Crippen LogP contribution is 2.12. The van der Waals surface area contributed by atoms with Crippen LogP contribution in [0.3, 0.4) is 0 Å². The van der Waals surface area contributed by atoms with E-state index >= 15 is 0 Å². The lowest BCUT2D eigenvalue weighted by Crippen LogP contribution is -2.00. The molecule has 1 rings (SSSR count). The Labute approximate surface area is 74.3 Å². The fourth-order valence-electron chi connectivity index (χ4n) is 0.798. The van der Waals surface area contributed by atoms with Gasteiger partial charge in [-0.2, -0.15) is 0 Å². The zero-order chi connectivity index (χ0) is 10.6. The largest absolute Gasteiger partial charge is 0.427 e. The van der Waals surface area contributed by atoms with Crippen LogP contribution in [0.1, 0.15) is 15.2 Å². The van der Waals surface area contributed by atoms with Crippen LogP contribution in [-0.2, 0) is 4.79 Å². The first-order chi connectivity index (χ1) is 6.58. The van der Waals surface area contributed by atoms with Gasteiger partial charge in [0.15, 0.2) is 0 Å². The number of hydrogen-bond acceptors (Lipinski definition) is 2. The molecule has 0 saturated carbocycles. The van der Waals surface area contributed by atoms with E-state index in [9.17, 15) is 4.79 Å². The Morgan fingerprint density at radius 3 is 2.75 bits per heavy atom. The van der Waals surface area contributed by atoms with E-state index in [0.29, 0.717) is 5.75 Å². The molecule has 2 heteroatoms. The van der Waals surface area contributed by atoms with Gasteiger partial charge in [0.25, 0.3) is 0 Å². The Bertz CT molecular complexity index is 351. The van der Waals surface area contributed by atoms with Crippen LogP contribution in [0.15, 0.2) is 30.8 Å². The average Bonchev–Trinajstić information content (AvgIpc) is 2.06. The Kier molecular flexibility index (Phi) is 1.86. The number of benzene rings is 1. The van der Waals surface area contributed by atoms with Gasteiger partial charge in [-0.05, 0) is 17.7 Å². The zero-order valence-electron chi connectivity index (χ0n) is 8.70. The molecule has 1 aromatic carbocycles. The van der Waals surface area contributed by atoms with Crippen molar-refractivity contribution in [2.75, 3.05) is 0 Å². The number of ether oxygens (including phenoxy) is 1. The summed E-state index contributed by atoms with van der Waals surface area (Å²) in [4.78, 5) is 10.6. The summed E-state index contributed by atoms with van der Waals surface area (Å²) >= 11 is 0. The third-order valence-electron chi connectivity index (χ3n) is 1.31. The molecular weight excluding hydrogens is 152 g/mol. The van der Waals surface area contributed by atoms with Crippen molar-refractivity contribution in [2.45, 2.75) is 6.92 Å². The molecule has 0 heterocycles. The highest BCUT2D eigenvalue weighted by Gasteiger charge is 1.95. The maximum atomic E-state index is 10.6. The second-order valence-corrected chi connectivity index (χ2v) is 2.31. The molecule has 0 saturated heterocycles. The lowest BCUT2D eigenvalue weighted by molar-refractivity contribution is -0.131. The number of rotatable bonds is 2. The minimum atomic E-state index is -0.366. The van der Waals surface area contributed by atoms with Gasteiger partial charge in [0.05, 0.1) is 2.74 Å². The molecule has 0 radical (unpaired) electrons. The van der Waals surface area contributed by atoms with Gasteiger partial charge >= 0.3 is 5.97 Å². The Hall–Kier alpha value is -1.57. The summed E-state index contributed by atoms with van der Waals surface area (Å²) in [5.41, 5.74) is 0.737. The van der Waals surface area contributed by atoms with Crippen molar-refractivity contribution in [1.82, 2.24) is 0 Å². The number of carbonyl (C=O) groups is 1. The molecule has 0 spiro atoms. The van der Waals surface area contributed by atoms with Crippen molar-refractivity contribution < 1.29 is 12.3 Å². The topological polar surface area (TPSA) is 26.3 Å². The molecule has 0 unspecified atom stereocenters. The lowest BCUT2D eigenvalue weighted by atomic mass is 10.2. The number of hydrogen-bond donors (Lipinski definition) is 0. The van der Waals surface area contributed by atoms with E-state index in [-0.39, 0.29) is 12.5 Å². The summed E-state index contributed by atoms with van der Waals surface area (Å²) in [5.74, 6) is 0.0983. The van der Waals surface area contributed by atoms with Crippen LogP contribution in [0.25, 0.3) is 6.08 Å². The molecule has 0 aromatic heterocycles. The van der Waals surface area contributed by atoms with Crippen LogP contribution in [0, 0.1) is 0 Å². The van der Waals surface area contributed by atoms with Crippen molar-refractivity contribution in [2.24, 2.45) is 0 Å². The number of carbonyl (C=O) groups excluding carboxylic acids is 1. The summed E-state index contributed by atoms with van der Waals surface area (Å²) < 4.78 is 18.7.